The second kappa shape index (κ2) is 11.2. The maximum absolute atomic E-state index is 13.2. The first kappa shape index (κ1) is 23.1. The predicted molar refractivity (Wildman–Crippen MR) is 120 cm³/mol. The molecule has 0 aliphatic carbocycles. The van der Waals surface area contributed by atoms with Crippen LogP contribution in [0.25, 0.3) is 11.1 Å². The molecule has 32 heavy (non-hydrogen) atoms. The van der Waals surface area contributed by atoms with E-state index in [4.69, 9.17) is 14.6 Å². The van der Waals surface area contributed by atoms with E-state index in [1.165, 1.54) is 12.1 Å². The van der Waals surface area contributed by atoms with Crippen molar-refractivity contribution in [1.29, 1.82) is 0 Å². The minimum atomic E-state index is -0.853. The Labute approximate surface area is 187 Å². The summed E-state index contributed by atoms with van der Waals surface area (Å²) in [7, 11) is 0. The number of aromatic hydroxyl groups is 1. The zero-order valence-electron chi connectivity index (χ0n) is 17.9. The van der Waals surface area contributed by atoms with Gasteiger partial charge < -0.3 is 19.7 Å². The molecule has 0 bridgehead atoms. The molecule has 3 aromatic carbocycles. The van der Waals surface area contributed by atoms with Gasteiger partial charge in [0.1, 0.15) is 23.1 Å². The van der Waals surface area contributed by atoms with E-state index in [-0.39, 0.29) is 18.0 Å². The van der Waals surface area contributed by atoms with E-state index in [1.807, 2.05) is 25.1 Å². The summed E-state index contributed by atoms with van der Waals surface area (Å²) in [4.78, 5) is 10.8. The Bertz CT molecular complexity index is 1050. The number of benzene rings is 3. The van der Waals surface area contributed by atoms with E-state index in [2.05, 4.69) is 6.07 Å². The third-order valence-corrected chi connectivity index (χ3v) is 5.02. The molecule has 1 radical (unpaired) electrons. The van der Waals surface area contributed by atoms with Gasteiger partial charge in [-0.1, -0.05) is 37.3 Å². The molecule has 0 aromatic heterocycles. The zero-order chi connectivity index (χ0) is 22.9. The predicted octanol–water partition coefficient (Wildman–Crippen LogP) is 5.43. The summed E-state index contributed by atoms with van der Waals surface area (Å²) in [6.45, 7) is 2.78. The second-order valence-electron chi connectivity index (χ2n) is 7.31. The fourth-order valence-corrected chi connectivity index (χ4v) is 3.33. The van der Waals surface area contributed by atoms with Crippen LogP contribution in [-0.4, -0.2) is 29.4 Å². The Balaban J connectivity index is 1.57. The molecule has 0 saturated heterocycles. The molecular formula is C26H26FO5. The number of aryl methyl sites for hydroxylation is 2. The Morgan fingerprint density at radius 2 is 1.81 bits per heavy atom. The van der Waals surface area contributed by atoms with Gasteiger partial charge in [-0.05, 0) is 47.7 Å². The lowest BCUT2D eigenvalue weighted by Gasteiger charge is -2.15. The Morgan fingerprint density at radius 3 is 2.53 bits per heavy atom. The minimum Gasteiger partial charge on any atom is -0.507 e. The summed E-state index contributed by atoms with van der Waals surface area (Å²) in [6.07, 6.45) is 1.74. The van der Waals surface area contributed by atoms with Crippen molar-refractivity contribution < 1.29 is 28.9 Å². The summed E-state index contributed by atoms with van der Waals surface area (Å²) in [6, 6.07) is 17.8. The monoisotopic (exact) mass is 437 g/mol. The lowest BCUT2D eigenvalue weighted by atomic mass is 10.00. The molecule has 0 unspecified atom stereocenters. The number of carboxylic acids is 1. The first-order valence-electron chi connectivity index (χ1n) is 10.6. The summed E-state index contributed by atoms with van der Waals surface area (Å²) in [5.74, 6) is 0.0532. The summed E-state index contributed by atoms with van der Waals surface area (Å²) in [5.41, 5.74) is 3.11. The Kier molecular flexibility index (Phi) is 8.08. The van der Waals surface area contributed by atoms with Crippen LogP contribution in [0, 0.1) is 11.9 Å². The minimum absolute atomic E-state index is 0.0362. The summed E-state index contributed by atoms with van der Waals surface area (Å²) < 4.78 is 24.8. The molecule has 0 amide bonds. The molecule has 0 fully saturated rings. The molecule has 3 rings (SSSR count). The molecule has 0 saturated carbocycles. The second-order valence-corrected chi connectivity index (χ2v) is 7.31. The van der Waals surface area contributed by atoms with E-state index in [0.29, 0.717) is 49.5 Å². The van der Waals surface area contributed by atoms with Crippen molar-refractivity contribution in [2.24, 2.45) is 0 Å². The number of ether oxygens (including phenoxy) is 2. The molecule has 6 heteroatoms. The normalized spacial score (nSPS) is 10.7. The van der Waals surface area contributed by atoms with Crippen LogP contribution >= 0.6 is 0 Å². The molecule has 0 aliphatic heterocycles. The third kappa shape index (κ3) is 6.23. The Morgan fingerprint density at radius 1 is 1.06 bits per heavy atom. The van der Waals surface area contributed by atoms with Crippen LogP contribution in [-0.2, 0) is 17.6 Å². The van der Waals surface area contributed by atoms with Crippen molar-refractivity contribution >= 4 is 5.97 Å². The number of hydrogen-bond donors (Lipinski definition) is 2. The van der Waals surface area contributed by atoms with Gasteiger partial charge in [-0.15, -0.1) is 0 Å². The van der Waals surface area contributed by atoms with Crippen LogP contribution in [0.3, 0.4) is 0 Å². The van der Waals surface area contributed by atoms with Crippen molar-refractivity contribution in [3.8, 4) is 28.4 Å². The Hall–Kier alpha value is -3.54. The number of hydrogen-bond acceptors (Lipinski definition) is 4. The van der Waals surface area contributed by atoms with Gasteiger partial charge in [0.25, 0.3) is 0 Å². The topological polar surface area (TPSA) is 76.0 Å². The molecular weight excluding hydrogens is 411 g/mol. The first-order chi connectivity index (χ1) is 15.5. The van der Waals surface area contributed by atoms with Crippen LogP contribution in [0.4, 0.5) is 4.39 Å². The third-order valence-electron chi connectivity index (χ3n) is 5.02. The molecule has 0 spiro atoms. The van der Waals surface area contributed by atoms with Gasteiger partial charge in [-0.3, -0.25) is 4.79 Å². The van der Waals surface area contributed by atoms with Crippen LogP contribution in [0.5, 0.6) is 17.2 Å². The average molecular weight is 437 g/mol. The number of rotatable bonds is 11. The van der Waals surface area contributed by atoms with Crippen molar-refractivity contribution in [2.45, 2.75) is 32.6 Å². The van der Waals surface area contributed by atoms with Gasteiger partial charge in [0.05, 0.1) is 13.2 Å². The number of phenolic OH excluding ortho intramolecular Hbond substituents is 1. The van der Waals surface area contributed by atoms with Crippen molar-refractivity contribution in [1.82, 2.24) is 0 Å². The van der Waals surface area contributed by atoms with E-state index < -0.39 is 5.97 Å². The lowest BCUT2D eigenvalue weighted by molar-refractivity contribution is -0.136. The van der Waals surface area contributed by atoms with E-state index in [0.717, 1.165) is 16.7 Å². The van der Waals surface area contributed by atoms with Crippen molar-refractivity contribution in [2.75, 3.05) is 13.2 Å². The van der Waals surface area contributed by atoms with Gasteiger partial charge in [-0.25, -0.2) is 4.39 Å². The highest BCUT2D eigenvalue weighted by Crippen LogP contribution is 2.36. The lowest BCUT2D eigenvalue weighted by Crippen LogP contribution is -2.07. The molecule has 167 valence electrons. The standard InChI is InChI=1S/C26H26FO5/c1-2-18-16-22(19-8-11-21(27)12-9-19)23(28)17-25(18)32-15-5-14-31-24-7-4-3-6-20(24)10-13-26(29)30/h3-4,6,8-9,11-12,16-17,28H,2,5,10,13-15H2,1H3,(H,29,30). The van der Waals surface area contributed by atoms with Gasteiger partial charge in [-0.2, -0.15) is 0 Å². The van der Waals surface area contributed by atoms with Crippen molar-refractivity contribution in [3.05, 3.63) is 77.6 Å². The molecule has 0 aliphatic rings. The highest BCUT2D eigenvalue weighted by molar-refractivity contribution is 5.72. The number of carbonyl (C=O) groups is 1. The first-order valence-corrected chi connectivity index (χ1v) is 10.6. The fraction of sp³-hybridized carbons (Fsp3) is 0.269. The number of para-hydroxylation sites is 1. The maximum Gasteiger partial charge on any atom is 0.303 e. The highest BCUT2D eigenvalue weighted by Gasteiger charge is 2.12. The largest absolute Gasteiger partial charge is 0.507 e. The molecule has 0 atom stereocenters. The van der Waals surface area contributed by atoms with Crippen LogP contribution in [0.1, 0.15) is 30.9 Å². The SMILES string of the molecule is CCc1cc(-c2ccc(F)cc2)c(O)cc1OCCCOc1[c]cccc1CCC(=O)O. The molecule has 0 heterocycles. The highest BCUT2D eigenvalue weighted by atomic mass is 19.1. The van der Waals surface area contributed by atoms with E-state index in [1.54, 1.807) is 24.3 Å². The molecule has 3 aromatic rings. The number of phenols is 1. The number of aliphatic carboxylic acids is 1. The number of carboxylic acid groups (broad SMARTS) is 1. The van der Waals surface area contributed by atoms with Gasteiger partial charge >= 0.3 is 5.97 Å². The van der Waals surface area contributed by atoms with E-state index in [9.17, 15) is 14.3 Å². The van der Waals surface area contributed by atoms with Gasteiger partial charge in [0.15, 0.2) is 0 Å². The fourth-order valence-electron chi connectivity index (χ4n) is 3.33. The van der Waals surface area contributed by atoms with Crippen LogP contribution in [0.15, 0.2) is 54.6 Å². The molecule has 5 nitrogen and oxygen atoms in total. The van der Waals surface area contributed by atoms with Crippen LogP contribution in [0.2, 0.25) is 0 Å². The van der Waals surface area contributed by atoms with Crippen molar-refractivity contribution in [3.63, 3.8) is 0 Å². The average Bonchev–Trinajstić information content (AvgIpc) is 2.79. The van der Waals surface area contributed by atoms with Gasteiger partial charge in [0, 0.05) is 30.5 Å². The van der Waals surface area contributed by atoms with Gasteiger partial charge in [0.2, 0.25) is 0 Å². The summed E-state index contributed by atoms with van der Waals surface area (Å²) >= 11 is 0. The smallest absolute Gasteiger partial charge is 0.303 e. The van der Waals surface area contributed by atoms with Crippen LogP contribution < -0.4 is 9.47 Å². The quantitative estimate of drug-likeness (QED) is 0.392. The molecule has 2 N–H and O–H groups in total. The zero-order valence-corrected chi connectivity index (χ0v) is 17.9. The summed E-state index contributed by atoms with van der Waals surface area (Å²) in [5, 5.41) is 19.3. The number of halogens is 1. The van der Waals surface area contributed by atoms with E-state index >= 15 is 0 Å². The maximum atomic E-state index is 13.2.